The molecule has 0 bridgehead atoms. The number of nitrogens with two attached hydrogens (primary N) is 1. The Morgan fingerprint density at radius 3 is 2.00 bits per heavy atom. The van der Waals surface area contributed by atoms with Crippen molar-refractivity contribution in [2.75, 3.05) is 0 Å². The third-order valence-corrected chi connectivity index (χ3v) is 1.90. The lowest BCUT2D eigenvalue weighted by Crippen LogP contribution is -2.46. The summed E-state index contributed by atoms with van der Waals surface area (Å²) in [6, 6.07) is 0. The molecule has 0 aromatic heterocycles. The van der Waals surface area contributed by atoms with E-state index in [0.717, 1.165) is 6.92 Å². The monoisotopic (exact) mass is 282 g/mol. The lowest BCUT2D eigenvalue weighted by Gasteiger charge is -2.26. The Morgan fingerprint density at radius 1 is 1.22 bits per heavy atom. The van der Waals surface area contributed by atoms with Crippen LogP contribution in [0, 0.1) is 0 Å². The van der Waals surface area contributed by atoms with Gasteiger partial charge in [-0.25, -0.2) is 5.84 Å². The Morgan fingerprint density at radius 2 is 1.67 bits per heavy atom. The predicted octanol–water partition coefficient (Wildman–Crippen LogP) is 1.65. The molecule has 1 atom stereocenters. The standard InChI is InChI=1S/C8H12F6N2O2/c1-4(2-3-5(17)16-15)18-6(7(9,10)11)8(12,13)14/h4,6H,2-3,15H2,1H3,(H,16,17). The van der Waals surface area contributed by atoms with Gasteiger partial charge in [-0.05, 0) is 13.3 Å². The fraction of sp³-hybridized carbons (Fsp3) is 0.875. The van der Waals surface area contributed by atoms with Crippen LogP contribution in [0.15, 0.2) is 0 Å². The number of alkyl halides is 6. The Bertz CT molecular complexity index is 264. The molecule has 0 saturated heterocycles. The molecule has 1 unspecified atom stereocenters. The first-order valence-corrected chi connectivity index (χ1v) is 4.76. The maximum absolute atomic E-state index is 12.1. The quantitative estimate of drug-likeness (QED) is 0.349. The van der Waals surface area contributed by atoms with E-state index in [2.05, 4.69) is 4.74 Å². The molecule has 0 aromatic carbocycles. The van der Waals surface area contributed by atoms with Crippen molar-refractivity contribution in [3.8, 4) is 0 Å². The van der Waals surface area contributed by atoms with Gasteiger partial charge >= 0.3 is 12.4 Å². The van der Waals surface area contributed by atoms with Crippen molar-refractivity contribution >= 4 is 5.91 Å². The summed E-state index contributed by atoms with van der Waals surface area (Å²) in [4.78, 5) is 10.7. The van der Waals surface area contributed by atoms with Crippen LogP contribution in [0.4, 0.5) is 26.3 Å². The molecule has 0 rings (SSSR count). The minimum atomic E-state index is -5.55. The van der Waals surface area contributed by atoms with Gasteiger partial charge in [-0.2, -0.15) is 26.3 Å². The second-order valence-electron chi connectivity index (χ2n) is 3.52. The summed E-state index contributed by atoms with van der Waals surface area (Å²) in [7, 11) is 0. The molecule has 18 heavy (non-hydrogen) atoms. The number of carbonyl (C=O) groups excluding carboxylic acids is 1. The number of hydrogen-bond acceptors (Lipinski definition) is 3. The van der Waals surface area contributed by atoms with Crippen molar-refractivity contribution in [3.05, 3.63) is 0 Å². The van der Waals surface area contributed by atoms with Crippen molar-refractivity contribution in [1.29, 1.82) is 0 Å². The van der Waals surface area contributed by atoms with Crippen LogP contribution in [0.1, 0.15) is 19.8 Å². The van der Waals surface area contributed by atoms with Gasteiger partial charge in [0, 0.05) is 6.42 Å². The number of amides is 1. The SMILES string of the molecule is CC(CCC(=O)NN)OC(C(F)(F)F)C(F)(F)F. The first-order valence-electron chi connectivity index (χ1n) is 4.76. The van der Waals surface area contributed by atoms with E-state index in [1.807, 2.05) is 0 Å². The van der Waals surface area contributed by atoms with Crippen molar-refractivity contribution < 1.29 is 35.9 Å². The van der Waals surface area contributed by atoms with Crippen LogP contribution in [0.25, 0.3) is 0 Å². The first-order chi connectivity index (χ1) is 7.98. The Labute approximate surface area is 98.4 Å². The van der Waals surface area contributed by atoms with E-state index in [9.17, 15) is 31.1 Å². The zero-order chi connectivity index (χ0) is 14.6. The number of carbonyl (C=O) groups is 1. The van der Waals surface area contributed by atoms with Gasteiger partial charge in [-0.1, -0.05) is 0 Å². The molecule has 0 fully saturated rings. The van der Waals surface area contributed by atoms with E-state index in [4.69, 9.17) is 5.84 Å². The molecule has 0 aliphatic heterocycles. The van der Waals surface area contributed by atoms with Gasteiger partial charge < -0.3 is 4.74 Å². The van der Waals surface area contributed by atoms with Crippen LogP contribution in [0.2, 0.25) is 0 Å². The Kier molecular flexibility index (Phi) is 5.87. The van der Waals surface area contributed by atoms with E-state index < -0.39 is 30.5 Å². The molecule has 10 heteroatoms. The van der Waals surface area contributed by atoms with Crippen LogP contribution in [0.3, 0.4) is 0 Å². The highest BCUT2D eigenvalue weighted by atomic mass is 19.4. The molecule has 108 valence electrons. The summed E-state index contributed by atoms with van der Waals surface area (Å²) in [6.45, 7) is 1.01. The van der Waals surface area contributed by atoms with Gasteiger partial charge in [0.25, 0.3) is 0 Å². The van der Waals surface area contributed by atoms with Gasteiger partial charge in [0.15, 0.2) is 0 Å². The summed E-state index contributed by atoms with van der Waals surface area (Å²) in [5.41, 5.74) is 1.70. The third kappa shape index (κ3) is 6.05. The van der Waals surface area contributed by atoms with E-state index in [0.29, 0.717) is 0 Å². The first kappa shape index (κ1) is 17.0. The van der Waals surface area contributed by atoms with E-state index >= 15 is 0 Å². The van der Waals surface area contributed by atoms with Crippen LogP contribution in [0.5, 0.6) is 0 Å². The zero-order valence-corrected chi connectivity index (χ0v) is 9.23. The zero-order valence-electron chi connectivity index (χ0n) is 9.23. The van der Waals surface area contributed by atoms with Crippen molar-refractivity contribution in [1.82, 2.24) is 5.43 Å². The van der Waals surface area contributed by atoms with Crippen molar-refractivity contribution in [2.24, 2.45) is 5.84 Å². The Hall–Kier alpha value is -1.03. The van der Waals surface area contributed by atoms with Gasteiger partial charge in [0.2, 0.25) is 12.0 Å². The molecule has 0 heterocycles. The summed E-state index contributed by atoms with van der Waals surface area (Å²) in [5.74, 6) is 3.99. The summed E-state index contributed by atoms with van der Waals surface area (Å²) in [5, 5.41) is 0. The number of ether oxygens (including phenoxy) is 1. The fourth-order valence-corrected chi connectivity index (χ4v) is 1.05. The number of rotatable bonds is 5. The second kappa shape index (κ2) is 6.23. The maximum atomic E-state index is 12.1. The van der Waals surface area contributed by atoms with Crippen molar-refractivity contribution in [2.45, 2.75) is 44.3 Å². The Balaban J connectivity index is 4.47. The lowest BCUT2D eigenvalue weighted by molar-refractivity contribution is -0.330. The molecular weight excluding hydrogens is 270 g/mol. The van der Waals surface area contributed by atoms with Gasteiger partial charge in [0.1, 0.15) is 0 Å². The average molecular weight is 282 g/mol. The molecular formula is C8H12F6N2O2. The minimum absolute atomic E-state index is 0.314. The molecule has 0 spiro atoms. The largest absolute Gasteiger partial charge is 0.423 e. The molecule has 1 amide bonds. The molecule has 4 nitrogen and oxygen atoms in total. The number of nitrogens with one attached hydrogen (secondary N) is 1. The smallest absolute Gasteiger partial charge is 0.358 e. The molecule has 0 radical (unpaired) electrons. The van der Waals surface area contributed by atoms with Crippen LogP contribution >= 0.6 is 0 Å². The molecule has 0 aliphatic carbocycles. The predicted molar refractivity (Wildman–Crippen MR) is 48.0 cm³/mol. The highest BCUT2D eigenvalue weighted by Gasteiger charge is 2.58. The maximum Gasteiger partial charge on any atom is 0.423 e. The van der Waals surface area contributed by atoms with E-state index in [1.54, 1.807) is 5.43 Å². The van der Waals surface area contributed by atoms with Crippen molar-refractivity contribution in [3.63, 3.8) is 0 Å². The summed E-state index contributed by atoms with van der Waals surface area (Å²) >= 11 is 0. The normalized spacial score (nSPS) is 14.7. The highest BCUT2D eigenvalue weighted by Crippen LogP contribution is 2.36. The van der Waals surface area contributed by atoms with Gasteiger partial charge in [-0.15, -0.1) is 0 Å². The number of halogens is 6. The highest BCUT2D eigenvalue weighted by molar-refractivity contribution is 5.75. The summed E-state index contributed by atoms with van der Waals surface area (Å²) < 4.78 is 76.5. The van der Waals surface area contributed by atoms with E-state index in [1.165, 1.54) is 0 Å². The van der Waals surface area contributed by atoms with E-state index in [-0.39, 0.29) is 12.8 Å². The van der Waals surface area contributed by atoms with Gasteiger partial charge in [0.05, 0.1) is 6.10 Å². The fourth-order valence-electron chi connectivity index (χ4n) is 1.05. The molecule has 0 aromatic rings. The molecule has 0 aliphatic rings. The second-order valence-corrected chi connectivity index (χ2v) is 3.52. The molecule has 0 saturated carbocycles. The minimum Gasteiger partial charge on any atom is -0.358 e. The topological polar surface area (TPSA) is 64.4 Å². The molecule has 3 N–H and O–H groups in total. The van der Waals surface area contributed by atoms with Crippen LogP contribution in [-0.2, 0) is 9.53 Å². The number of hydrazine groups is 1. The lowest BCUT2D eigenvalue weighted by atomic mass is 10.2. The summed E-state index contributed by atoms with van der Waals surface area (Å²) in [6.07, 6.45) is -17.0. The third-order valence-electron chi connectivity index (χ3n) is 1.90. The average Bonchev–Trinajstić information content (AvgIpc) is 2.19. The van der Waals surface area contributed by atoms with Gasteiger partial charge in [-0.3, -0.25) is 10.2 Å². The van der Waals surface area contributed by atoms with Crippen LogP contribution < -0.4 is 11.3 Å². The number of hydrogen-bond donors (Lipinski definition) is 2. The van der Waals surface area contributed by atoms with Crippen LogP contribution in [-0.4, -0.2) is 30.5 Å².